The molecule has 4 aliphatic rings. The van der Waals surface area contributed by atoms with Crippen molar-refractivity contribution < 1.29 is 47.6 Å². The molecule has 2 saturated heterocycles. The molecule has 4 aromatic rings. The molecule has 4 atom stereocenters. The average Bonchev–Trinajstić information content (AvgIpc) is 4.06. The smallest absolute Gasteiger partial charge is 0.319 e. The Bertz CT molecular complexity index is 2350. The van der Waals surface area contributed by atoms with Crippen LogP contribution in [0.25, 0.3) is 0 Å². The minimum atomic E-state index is -0.313. The zero-order valence-electron chi connectivity index (χ0n) is 47.2. The van der Waals surface area contributed by atoms with Crippen molar-refractivity contribution in [3.05, 3.63) is 125 Å². The summed E-state index contributed by atoms with van der Waals surface area (Å²) in [6.07, 6.45) is 15.0. The van der Waals surface area contributed by atoms with Crippen molar-refractivity contribution in [2.45, 2.75) is 133 Å². The summed E-state index contributed by atoms with van der Waals surface area (Å²) in [5.41, 5.74) is 6.87. The topological polar surface area (TPSA) is 178 Å². The molecule has 16 heteroatoms. The van der Waals surface area contributed by atoms with E-state index >= 15 is 0 Å². The highest BCUT2D eigenvalue weighted by molar-refractivity contribution is 5.89. The Kier molecular flexibility index (Phi) is 25.4. The first-order chi connectivity index (χ1) is 39.4. The quantitative estimate of drug-likeness (QED) is 0.0321. The van der Waals surface area contributed by atoms with Gasteiger partial charge in [-0.2, -0.15) is 0 Å². The van der Waals surface area contributed by atoms with Gasteiger partial charge in [0.05, 0.1) is 51.7 Å². The molecule has 0 radical (unpaired) electrons. The zero-order chi connectivity index (χ0) is 55.4. The number of fused-ring (bicyclic) bond motifs is 2. The number of piperidine rings is 2. The van der Waals surface area contributed by atoms with Gasteiger partial charge in [0.15, 0.2) is 0 Å². The Balaban J connectivity index is 0.553. The van der Waals surface area contributed by atoms with Crippen molar-refractivity contribution in [2.24, 2.45) is 0 Å². The van der Waals surface area contributed by atoms with Crippen LogP contribution in [0.15, 0.2) is 97.1 Å². The van der Waals surface area contributed by atoms with Gasteiger partial charge in [-0.05, 0) is 142 Å². The lowest BCUT2D eigenvalue weighted by Gasteiger charge is -2.35. The number of likely N-dealkylation sites (tertiary alicyclic amines) is 2. The first kappa shape index (κ1) is 60.2. The summed E-state index contributed by atoms with van der Waals surface area (Å²) in [4.78, 5) is 55.3. The molecule has 2 aliphatic carbocycles. The number of ketones is 2. The highest BCUT2D eigenvalue weighted by atomic mass is 16.5. The molecule has 0 saturated carbocycles. The predicted molar refractivity (Wildman–Crippen MR) is 311 cm³/mol. The molecule has 2 heterocycles. The van der Waals surface area contributed by atoms with Crippen molar-refractivity contribution in [3.8, 4) is 11.5 Å². The monoisotopic (exact) mass is 1100 g/mol. The molecule has 4 aromatic carbocycles. The van der Waals surface area contributed by atoms with Gasteiger partial charge in [0, 0.05) is 70.3 Å². The number of urea groups is 2. The van der Waals surface area contributed by atoms with Gasteiger partial charge in [0.1, 0.15) is 35.3 Å². The van der Waals surface area contributed by atoms with Crippen LogP contribution in [0.5, 0.6) is 11.5 Å². The molecule has 0 bridgehead atoms. The molecule has 2 fully saturated rings. The van der Waals surface area contributed by atoms with Crippen molar-refractivity contribution in [2.75, 3.05) is 104 Å². The predicted octanol–water partition coefficient (Wildman–Crippen LogP) is 9.74. The zero-order valence-corrected chi connectivity index (χ0v) is 47.2. The number of Topliss-reactive ketones (excluding diaryl/α,β-unsaturated/α-hetero) is 2. The second-order valence-electron chi connectivity index (χ2n) is 21.7. The maximum Gasteiger partial charge on any atom is 0.319 e. The lowest BCUT2D eigenvalue weighted by Crippen LogP contribution is -2.43. The van der Waals surface area contributed by atoms with E-state index in [-0.39, 0.29) is 35.8 Å². The number of nitrogens with one attached hydrogen (secondary N) is 4. The summed E-state index contributed by atoms with van der Waals surface area (Å²) in [6, 6.07) is 32.9. The van der Waals surface area contributed by atoms with Gasteiger partial charge >= 0.3 is 12.1 Å². The summed E-state index contributed by atoms with van der Waals surface area (Å²) < 4.78 is 35.9. The largest absolute Gasteiger partial charge is 0.484 e. The SMILES string of the molecule is O=C(CCCCCNC(=O)NCCOCCOCCCC(=O)Cc1cccc(O[C@H]2c3ccccc3C[C@@H]2N2CCCCC2)c1)CCCOCCOCCNC(=O)Nc1cccc(O[C@H]2c3ccccc3C[C@@H]2N2CCCCC2)c1. The van der Waals surface area contributed by atoms with E-state index in [4.69, 9.17) is 28.4 Å². The molecule has 4 N–H and O–H groups in total. The summed E-state index contributed by atoms with van der Waals surface area (Å²) >= 11 is 0. The highest BCUT2D eigenvalue weighted by Gasteiger charge is 2.39. The van der Waals surface area contributed by atoms with Crippen molar-refractivity contribution in [1.82, 2.24) is 25.8 Å². The Morgan fingerprint density at radius 1 is 0.450 bits per heavy atom. The fourth-order valence-corrected chi connectivity index (χ4v) is 11.5. The minimum Gasteiger partial charge on any atom is -0.484 e. The molecule has 2 aliphatic heterocycles. The number of carbonyl (C=O) groups is 4. The molecule has 0 unspecified atom stereocenters. The fourth-order valence-electron chi connectivity index (χ4n) is 11.5. The Hall–Kier alpha value is -5.88. The van der Waals surface area contributed by atoms with E-state index in [1.165, 1.54) is 60.8 Å². The number of ether oxygens (including phenoxy) is 6. The van der Waals surface area contributed by atoms with Gasteiger partial charge in [-0.25, -0.2) is 9.59 Å². The number of unbranched alkanes of at least 4 members (excludes halogenated alkanes) is 2. The number of benzene rings is 4. The maximum atomic E-state index is 12.9. The van der Waals surface area contributed by atoms with Crippen LogP contribution < -0.4 is 30.7 Å². The van der Waals surface area contributed by atoms with Crippen molar-refractivity contribution in [1.29, 1.82) is 0 Å². The second kappa shape index (κ2) is 33.8. The summed E-state index contributed by atoms with van der Waals surface area (Å²) in [5.74, 6) is 1.94. The van der Waals surface area contributed by atoms with E-state index in [2.05, 4.69) is 79.6 Å². The van der Waals surface area contributed by atoms with E-state index in [9.17, 15) is 19.2 Å². The molecule has 4 amide bonds. The first-order valence-corrected chi connectivity index (χ1v) is 29.9. The van der Waals surface area contributed by atoms with Crippen molar-refractivity contribution in [3.63, 3.8) is 0 Å². The van der Waals surface area contributed by atoms with Gasteiger partial charge in [0.25, 0.3) is 0 Å². The number of hydrogen-bond acceptors (Lipinski definition) is 12. The molecular weight excluding hydrogens is 1010 g/mol. The molecule has 0 aromatic heterocycles. The van der Waals surface area contributed by atoms with Gasteiger partial charge in [-0.15, -0.1) is 0 Å². The van der Waals surface area contributed by atoms with Crippen LogP contribution in [-0.2, 0) is 47.8 Å². The van der Waals surface area contributed by atoms with E-state index < -0.39 is 0 Å². The van der Waals surface area contributed by atoms with Gasteiger partial charge < -0.3 is 49.7 Å². The lowest BCUT2D eigenvalue weighted by atomic mass is 10.0. The third kappa shape index (κ3) is 20.0. The number of nitrogens with zero attached hydrogens (tertiary/aromatic N) is 2. The first-order valence-electron chi connectivity index (χ1n) is 29.9. The molecule has 434 valence electrons. The molecule has 8 rings (SSSR count). The van der Waals surface area contributed by atoms with Gasteiger partial charge in [0.2, 0.25) is 0 Å². The summed E-state index contributed by atoms with van der Waals surface area (Å²) in [6.45, 7) is 9.04. The Morgan fingerprint density at radius 2 is 0.950 bits per heavy atom. The van der Waals surface area contributed by atoms with E-state index in [0.29, 0.717) is 129 Å². The van der Waals surface area contributed by atoms with E-state index in [1.807, 2.05) is 48.5 Å². The fraction of sp³-hybridized carbons (Fsp3) is 0.562. The molecule has 16 nitrogen and oxygen atoms in total. The van der Waals surface area contributed by atoms with E-state index in [1.54, 1.807) is 0 Å². The van der Waals surface area contributed by atoms with Crippen LogP contribution >= 0.6 is 0 Å². The summed E-state index contributed by atoms with van der Waals surface area (Å²) in [5, 5.41) is 11.4. The normalized spacial score (nSPS) is 18.9. The second-order valence-corrected chi connectivity index (χ2v) is 21.7. The van der Waals surface area contributed by atoms with Crippen LogP contribution in [0.1, 0.15) is 130 Å². The lowest BCUT2D eigenvalue weighted by molar-refractivity contribution is -0.120. The summed E-state index contributed by atoms with van der Waals surface area (Å²) in [7, 11) is 0. The standard InChI is InChI=1S/C64H88N6O10/c71-53(23-16-36-75-40-43-78-39-31-67-64(74)68-52-21-15-26-56(48-52)80-62-58-28-8-6-20-51(58)47-60(62)70-34-12-3-13-35-70)22-4-1-9-29-65-63(73)66-30-38-77-42-41-76-37-17-24-54(72)44-49-18-14-25-55(45-49)79-61-57-27-7-5-19-50(57)46-59(61)69-32-10-2-11-33-69/h5-8,14-15,18-21,25-28,45,48,59-62H,1-4,9-13,16-17,22-24,29-44,46-47H2,(H2,65,66,73)(H2,67,68,74)/t59-,60-,61-,62-/m0/s1. The van der Waals surface area contributed by atoms with Crippen molar-refractivity contribution >= 4 is 29.3 Å². The molecule has 80 heavy (non-hydrogen) atoms. The highest BCUT2D eigenvalue weighted by Crippen LogP contribution is 2.41. The third-order valence-corrected chi connectivity index (χ3v) is 15.6. The number of rotatable bonds is 35. The van der Waals surface area contributed by atoms with Crippen LogP contribution in [-0.4, -0.2) is 144 Å². The average molecular weight is 1100 g/mol. The van der Waals surface area contributed by atoms with Gasteiger partial charge in [-0.3, -0.25) is 19.4 Å². The number of hydrogen-bond donors (Lipinski definition) is 4. The third-order valence-electron chi connectivity index (χ3n) is 15.6. The Labute approximate surface area is 474 Å². The van der Waals surface area contributed by atoms with E-state index in [0.717, 1.165) is 75.3 Å². The minimum absolute atomic E-state index is 0.0147. The Morgan fingerprint density at radius 3 is 1.55 bits per heavy atom. The van der Waals surface area contributed by atoms with Crippen LogP contribution in [0.4, 0.5) is 15.3 Å². The van der Waals surface area contributed by atoms with Crippen LogP contribution in [0.3, 0.4) is 0 Å². The molecular formula is C64H88N6O10. The number of carbonyl (C=O) groups excluding carboxylic acids is 4. The number of anilines is 1. The van der Waals surface area contributed by atoms with Crippen LogP contribution in [0, 0.1) is 0 Å². The van der Waals surface area contributed by atoms with Gasteiger partial charge in [-0.1, -0.05) is 86.0 Å². The molecule has 0 spiro atoms. The number of amides is 4. The van der Waals surface area contributed by atoms with Crippen LogP contribution in [0.2, 0.25) is 0 Å². The maximum absolute atomic E-state index is 12.9.